The zero-order valence-electron chi connectivity index (χ0n) is 15.0. The Bertz CT molecular complexity index is 665. The van der Waals surface area contributed by atoms with E-state index in [2.05, 4.69) is 31.3 Å². The predicted molar refractivity (Wildman–Crippen MR) is 98.2 cm³/mol. The number of carbonyl (C=O) groups is 1. The van der Waals surface area contributed by atoms with Gasteiger partial charge in [-0.2, -0.15) is 0 Å². The van der Waals surface area contributed by atoms with Crippen LogP contribution in [0.25, 0.3) is 0 Å². The Morgan fingerprint density at radius 3 is 2.46 bits per heavy atom. The molecule has 3 nitrogen and oxygen atoms in total. The van der Waals surface area contributed by atoms with E-state index in [1.54, 1.807) is 0 Å². The fourth-order valence-corrected chi connectivity index (χ4v) is 2.68. The van der Waals surface area contributed by atoms with E-state index in [-0.39, 0.29) is 18.6 Å². The van der Waals surface area contributed by atoms with Crippen molar-refractivity contribution in [3.63, 3.8) is 0 Å². The lowest BCUT2D eigenvalue weighted by Crippen LogP contribution is -2.33. The van der Waals surface area contributed by atoms with Gasteiger partial charge in [0.25, 0.3) is 5.91 Å². The summed E-state index contributed by atoms with van der Waals surface area (Å²) in [5, 5.41) is 3.11. The van der Waals surface area contributed by atoms with Crippen molar-refractivity contribution < 1.29 is 9.53 Å². The minimum Gasteiger partial charge on any atom is -0.483 e. The smallest absolute Gasteiger partial charge is 0.258 e. The molecule has 3 heteroatoms. The second kappa shape index (κ2) is 8.53. The molecule has 0 aliphatic rings. The van der Waals surface area contributed by atoms with Crippen LogP contribution in [-0.4, -0.2) is 12.5 Å². The molecule has 0 bridgehead atoms. The Balaban J connectivity index is 1.99. The second-order valence-corrected chi connectivity index (χ2v) is 6.72. The molecule has 0 spiro atoms. The molecular weight excluding hydrogens is 298 g/mol. The van der Waals surface area contributed by atoms with E-state index >= 15 is 0 Å². The van der Waals surface area contributed by atoms with Gasteiger partial charge in [-0.15, -0.1) is 0 Å². The van der Waals surface area contributed by atoms with Crippen LogP contribution in [0, 0.1) is 19.8 Å². The molecule has 0 saturated carbocycles. The standard InChI is InChI=1S/C21H27NO2/c1-15(2)12-19(18-8-6-5-7-9-18)22-21(23)14-24-20-13-16(3)10-11-17(20)4/h5-11,13,15,19H,12,14H2,1-4H3,(H,22,23). The number of benzene rings is 2. The predicted octanol–water partition coefficient (Wildman–Crippen LogP) is 4.59. The molecule has 1 unspecified atom stereocenters. The Hall–Kier alpha value is -2.29. The van der Waals surface area contributed by atoms with E-state index in [1.165, 1.54) is 0 Å². The van der Waals surface area contributed by atoms with Crippen LogP contribution in [0.1, 0.15) is 43.0 Å². The number of hydrogen-bond acceptors (Lipinski definition) is 2. The first kappa shape index (κ1) is 18.1. The highest BCUT2D eigenvalue weighted by molar-refractivity contribution is 5.78. The SMILES string of the molecule is Cc1ccc(C)c(OCC(=O)NC(CC(C)C)c2ccccc2)c1. The highest BCUT2D eigenvalue weighted by Crippen LogP contribution is 2.22. The molecule has 24 heavy (non-hydrogen) atoms. The van der Waals surface area contributed by atoms with E-state index in [0.29, 0.717) is 5.92 Å². The summed E-state index contributed by atoms with van der Waals surface area (Å²) in [5.41, 5.74) is 3.29. The number of carbonyl (C=O) groups excluding carboxylic acids is 1. The fraction of sp³-hybridized carbons (Fsp3) is 0.381. The highest BCUT2D eigenvalue weighted by Gasteiger charge is 2.16. The van der Waals surface area contributed by atoms with Crippen molar-refractivity contribution in [3.05, 3.63) is 65.2 Å². The summed E-state index contributed by atoms with van der Waals surface area (Å²) in [6, 6.07) is 16.1. The Morgan fingerprint density at radius 2 is 1.79 bits per heavy atom. The Morgan fingerprint density at radius 1 is 1.08 bits per heavy atom. The van der Waals surface area contributed by atoms with Crippen LogP contribution >= 0.6 is 0 Å². The highest BCUT2D eigenvalue weighted by atomic mass is 16.5. The van der Waals surface area contributed by atoms with E-state index in [0.717, 1.165) is 28.9 Å². The van der Waals surface area contributed by atoms with Gasteiger partial charge in [-0.3, -0.25) is 4.79 Å². The van der Waals surface area contributed by atoms with Gasteiger partial charge in [0.15, 0.2) is 6.61 Å². The molecule has 0 aromatic heterocycles. The largest absolute Gasteiger partial charge is 0.483 e. The molecule has 0 heterocycles. The van der Waals surface area contributed by atoms with Crippen LogP contribution in [0.3, 0.4) is 0 Å². The summed E-state index contributed by atoms with van der Waals surface area (Å²) in [7, 11) is 0. The van der Waals surface area contributed by atoms with Crippen molar-refractivity contribution in [2.75, 3.05) is 6.61 Å². The van der Waals surface area contributed by atoms with Crippen molar-refractivity contribution in [1.82, 2.24) is 5.32 Å². The maximum absolute atomic E-state index is 12.3. The van der Waals surface area contributed by atoms with Crippen LogP contribution in [0.5, 0.6) is 5.75 Å². The molecule has 1 atom stereocenters. The quantitative estimate of drug-likeness (QED) is 0.809. The van der Waals surface area contributed by atoms with Gasteiger partial charge in [-0.1, -0.05) is 56.3 Å². The van der Waals surface area contributed by atoms with Crippen LogP contribution in [0.15, 0.2) is 48.5 Å². The molecule has 2 rings (SSSR count). The molecule has 2 aromatic carbocycles. The number of ether oxygens (including phenoxy) is 1. The zero-order valence-corrected chi connectivity index (χ0v) is 15.0. The van der Waals surface area contributed by atoms with Gasteiger partial charge in [-0.25, -0.2) is 0 Å². The summed E-state index contributed by atoms with van der Waals surface area (Å²) in [6.07, 6.45) is 0.902. The molecule has 2 aromatic rings. The molecule has 0 radical (unpaired) electrons. The maximum atomic E-state index is 12.3. The van der Waals surface area contributed by atoms with Gasteiger partial charge in [-0.05, 0) is 48.9 Å². The second-order valence-electron chi connectivity index (χ2n) is 6.72. The number of nitrogens with one attached hydrogen (secondary N) is 1. The lowest BCUT2D eigenvalue weighted by Gasteiger charge is -2.21. The number of amides is 1. The van der Waals surface area contributed by atoms with E-state index in [9.17, 15) is 4.79 Å². The van der Waals surface area contributed by atoms with Crippen LogP contribution in [-0.2, 0) is 4.79 Å². The van der Waals surface area contributed by atoms with Gasteiger partial charge >= 0.3 is 0 Å². The molecule has 0 saturated heterocycles. The third kappa shape index (κ3) is 5.41. The zero-order chi connectivity index (χ0) is 17.5. The van der Waals surface area contributed by atoms with Crippen molar-refractivity contribution >= 4 is 5.91 Å². The molecule has 0 aliphatic heterocycles. The monoisotopic (exact) mass is 325 g/mol. The third-order valence-corrected chi connectivity index (χ3v) is 3.95. The van der Waals surface area contributed by atoms with Crippen molar-refractivity contribution in [3.8, 4) is 5.75 Å². The minimum absolute atomic E-state index is 0.0147. The van der Waals surface area contributed by atoms with Crippen molar-refractivity contribution in [2.45, 2.75) is 40.2 Å². The summed E-state index contributed by atoms with van der Waals surface area (Å²) in [4.78, 5) is 12.3. The fourth-order valence-electron chi connectivity index (χ4n) is 2.68. The van der Waals surface area contributed by atoms with E-state index in [4.69, 9.17) is 4.74 Å². The van der Waals surface area contributed by atoms with Gasteiger partial charge in [0.05, 0.1) is 6.04 Å². The summed E-state index contributed by atoms with van der Waals surface area (Å²) >= 11 is 0. The summed E-state index contributed by atoms with van der Waals surface area (Å²) < 4.78 is 5.71. The average Bonchev–Trinajstić information content (AvgIpc) is 2.55. The third-order valence-electron chi connectivity index (χ3n) is 3.95. The Kier molecular flexibility index (Phi) is 6.42. The topological polar surface area (TPSA) is 38.3 Å². The summed E-state index contributed by atoms with van der Waals surface area (Å²) in [6.45, 7) is 8.35. The molecule has 1 N–H and O–H groups in total. The first-order valence-corrected chi connectivity index (χ1v) is 8.50. The first-order chi connectivity index (χ1) is 11.5. The van der Waals surface area contributed by atoms with Gasteiger partial charge in [0.1, 0.15) is 5.75 Å². The Labute approximate surface area is 145 Å². The van der Waals surface area contributed by atoms with E-state index in [1.807, 2.05) is 50.2 Å². The van der Waals surface area contributed by atoms with Gasteiger partial charge in [0.2, 0.25) is 0 Å². The molecular formula is C21H27NO2. The minimum atomic E-state index is -0.0922. The van der Waals surface area contributed by atoms with Gasteiger partial charge in [0, 0.05) is 0 Å². The summed E-state index contributed by atoms with van der Waals surface area (Å²) in [5.74, 6) is 1.17. The van der Waals surface area contributed by atoms with Crippen LogP contribution in [0.2, 0.25) is 0 Å². The molecule has 1 amide bonds. The van der Waals surface area contributed by atoms with Gasteiger partial charge < -0.3 is 10.1 Å². The number of aryl methyl sites for hydroxylation is 2. The first-order valence-electron chi connectivity index (χ1n) is 8.50. The van der Waals surface area contributed by atoms with E-state index < -0.39 is 0 Å². The van der Waals surface area contributed by atoms with Crippen LogP contribution < -0.4 is 10.1 Å². The molecule has 0 aliphatic carbocycles. The molecule has 128 valence electrons. The maximum Gasteiger partial charge on any atom is 0.258 e. The van der Waals surface area contributed by atoms with Crippen LogP contribution in [0.4, 0.5) is 0 Å². The normalized spacial score (nSPS) is 12.0. The van der Waals surface area contributed by atoms with Crippen molar-refractivity contribution in [1.29, 1.82) is 0 Å². The lowest BCUT2D eigenvalue weighted by molar-refractivity contribution is -0.124. The van der Waals surface area contributed by atoms with Crippen molar-refractivity contribution in [2.24, 2.45) is 5.92 Å². The number of rotatable bonds is 7. The average molecular weight is 325 g/mol. The lowest BCUT2D eigenvalue weighted by atomic mass is 9.97. The number of hydrogen-bond donors (Lipinski definition) is 1. The molecule has 0 fully saturated rings.